The van der Waals surface area contributed by atoms with Crippen LogP contribution in [0.25, 0.3) is 0 Å². The summed E-state index contributed by atoms with van der Waals surface area (Å²) in [5.41, 5.74) is 6.17. The van der Waals surface area contributed by atoms with Gasteiger partial charge in [-0.2, -0.15) is 0 Å². The predicted molar refractivity (Wildman–Crippen MR) is 145 cm³/mol. The Hall–Kier alpha value is -1.38. The van der Waals surface area contributed by atoms with Crippen LogP contribution in [0.2, 0.25) is 0 Å². The Kier molecular flexibility index (Phi) is 6.41. The molecule has 2 N–H and O–H groups in total. The normalized spacial score (nSPS) is 38.9. The summed E-state index contributed by atoms with van der Waals surface area (Å²) in [7, 11) is 0. The van der Waals surface area contributed by atoms with E-state index in [2.05, 4.69) is 71.0 Å². The Labute approximate surface area is 213 Å². The molecule has 0 radical (unpaired) electrons. The zero-order chi connectivity index (χ0) is 25.1. The number of allylic oxidation sites excluding steroid dienone is 4. The van der Waals surface area contributed by atoms with Gasteiger partial charge >= 0.3 is 0 Å². The van der Waals surface area contributed by atoms with E-state index in [0.29, 0.717) is 17.8 Å². The lowest BCUT2D eigenvalue weighted by molar-refractivity contribution is -0.174. The van der Waals surface area contributed by atoms with Crippen LogP contribution in [0, 0.1) is 34.0 Å². The largest absolute Gasteiger partial charge is 0.396 e. The molecule has 0 unspecified atom stereocenters. The topological polar surface area (TPSA) is 40.5 Å². The molecule has 0 amide bonds. The Balaban J connectivity index is 1.38. The van der Waals surface area contributed by atoms with Crippen molar-refractivity contribution in [1.82, 2.24) is 0 Å². The Morgan fingerprint density at radius 1 is 0.971 bits per heavy atom. The van der Waals surface area contributed by atoms with Crippen molar-refractivity contribution in [2.24, 2.45) is 34.0 Å². The van der Waals surface area contributed by atoms with E-state index in [-0.39, 0.29) is 17.4 Å². The van der Waals surface area contributed by atoms with Crippen LogP contribution in [0.3, 0.4) is 0 Å². The molecule has 0 aliphatic heterocycles. The number of rotatable bonds is 6. The maximum absolute atomic E-state index is 11.6. The molecular formula is C33H48O2. The van der Waals surface area contributed by atoms with Crippen LogP contribution >= 0.6 is 0 Å². The highest BCUT2D eigenvalue weighted by Gasteiger charge is 2.61. The third-order valence-electron chi connectivity index (χ3n) is 11.8. The Morgan fingerprint density at radius 3 is 2.43 bits per heavy atom. The van der Waals surface area contributed by atoms with E-state index in [4.69, 9.17) is 0 Å². The number of aryl methyl sites for hydroxylation is 1. The van der Waals surface area contributed by atoms with E-state index >= 15 is 0 Å². The minimum Gasteiger partial charge on any atom is -0.396 e. The number of aliphatic hydroxyl groups is 2. The first-order valence-electron chi connectivity index (χ1n) is 14.4. The van der Waals surface area contributed by atoms with Crippen molar-refractivity contribution in [2.45, 2.75) is 104 Å². The van der Waals surface area contributed by atoms with Crippen molar-refractivity contribution >= 4 is 0 Å². The van der Waals surface area contributed by atoms with Crippen LogP contribution in [0.5, 0.6) is 0 Å². The highest BCUT2D eigenvalue weighted by atomic mass is 16.3. The van der Waals surface area contributed by atoms with Crippen LogP contribution in [0.4, 0.5) is 0 Å². The highest BCUT2D eigenvalue weighted by molar-refractivity contribution is 5.50. The van der Waals surface area contributed by atoms with Gasteiger partial charge in [0.05, 0.1) is 5.60 Å². The molecule has 2 nitrogen and oxygen atoms in total. The zero-order valence-corrected chi connectivity index (χ0v) is 22.9. The average molecular weight is 477 g/mol. The maximum atomic E-state index is 11.6. The zero-order valence-electron chi connectivity index (χ0n) is 22.9. The summed E-state index contributed by atoms with van der Waals surface area (Å²) >= 11 is 0. The summed E-state index contributed by atoms with van der Waals surface area (Å²) in [6, 6.07) is 11.0. The lowest BCUT2D eigenvalue weighted by Crippen LogP contribution is -2.60. The number of benzene rings is 1. The van der Waals surface area contributed by atoms with Gasteiger partial charge in [0.1, 0.15) is 0 Å². The molecular weight excluding hydrogens is 428 g/mol. The van der Waals surface area contributed by atoms with Crippen LogP contribution in [-0.2, 0) is 6.42 Å². The smallest absolute Gasteiger partial charge is 0.0723 e. The van der Waals surface area contributed by atoms with Gasteiger partial charge in [0.15, 0.2) is 0 Å². The molecule has 0 spiro atoms. The first-order valence-corrected chi connectivity index (χ1v) is 14.4. The quantitative estimate of drug-likeness (QED) is 0.443. The van der Waals surface area contributed by atoms with Crippen molar-refractivity contribution in [3.05, 3.63) is 58.7 Å². The van der Waals surface area contributed by atoms with Crippen LogP contribution in [0.1, 0.15) is 98.0 Å². The van der Waals surface area contributed by atoms with Gasteiger partial charge in [-0.15, -0.1) is 0 Å². The van der Waals surface area contributed by atoms with E-state index in [0.717, 1.165) is 31.1 Å². The molecule has 0 aromatic heterocycles. The summed E-state index contributed by atoms with van der Waals surface area (Å²) in [5.74, 6) is 1.95. The number of aliphatic hydroxyl groups excluding tert-OH is 1. The van der Waals surface area contributed by atoms with Gasteiger partial charge in [0, 0.05) is 6.61 Å². The molecule has 0 saturated heterocycles. The molecule has 0 bridgehead atoms. The average Bonchev–Trinajstić information content (AvgIpc) is 3.19. The predicted octanol–water partition coefficient (Wildman–Crippen LogP) is 7.65. The maximum Gasteiger partial charge on any atom is 0.0723 e. The molecule has 6 atom stereocenters. The lowest BCUT2D eigenvalue weighted by atomic mass is 9.43. The Morgan fingerprint density at radius 2 is 1.71 bits per heavy atom. The van der Waals surface area contributed by atoms with Gasteiger partial charge in [-0.25, -0.2) is 0 Å². The van der Waals surface area contributed by atoms with Gasteiger partial charge in [-0.1, -0.05) is 76.6 Å². The third kappa shape index (κ3) is 3.81. The van der Waals surface area contributed by atoms with Crippen molar-refractivity contribution in [3.8, 4) is 0 Å². The Bertz CT molecular complexity index is 1000. The number of hydrogen-bond donors (Lipinski definition) is 2. The van der Waals surface area contributed by atoms with Crippen LogP contribution < -0.4 is 0 Å². The van der Waals surface area contributed by atoms with Crippen molar-refractivity contribution < 1.29 is 10.2 Å². The molecule has 4 aliphatic rings. The second-order valence-corrected chi connectivity index (χ2v) is 13.6. The standard InChI is InChI=1S/C33H48O2/c1-23(11-12-24-9-7-6-8-10-24)26-14-15-27-25-13-16-29-30(2,3)33(35,21-22-34)20-19-32(29,5)28(25)17-18-31(26,27)4/h6-10,15,23,26,29,34-35H,11-14,16-22H2,1-5H3/t23-,26-,29+,31-,32-,33-/m1/s1. The summed E-state index contributed by atoms with van der Waals surface area (Å²) in [5, 5.41) is 21.3. The van der Waals surface area contributed by atoms with Crippen molar-refractivity contribution in [1.29, 1.82) is 0 Å². The number of fused-ring (bicyclic) bond motifs is 4. The molecule has 0 heterocycles. The molecule has 192 valence electrons. The molecule has 1 saturated carbocycles. The van der Waals surface area contributed by atoms with Crippen LogP contribution in [0.15, 0.2) is 53.1 Å². The first kappa shape index (κ1) is 25.3. The SMILES string of the molecule is C[C@H](CCc1ccccc1)[C@H]1CC=C2C3=C(CC[C@@]21C)[C@@]1(C)CC[C@@](O)(CCO)C(C)(C)[C@@H]1CC3. The molecule has 35 heavy (non-hydrogen) atoms. The summed E-state index contributed by atoms with van der Waals surface area (Å²) in [6.45, 7) is 12.2. The lowest BCUT2D eigenvalue weighted by Gasteiger charge is -2.63. The minimum atomic E-state index is -0.751. The molecule has 1 aromatic carbocycles. The van der Waals surface area contributed by atoms with Crippen molar-refractivity contribution in [3.63, 3.8) is 0 Å². The second kappa shape index (κ2) is 8.88. The van der Waals surface area contributed by atoms with E-state index in [1.807, 2.05) is 0 Å². The van der Waals surface area contributed by atoms with Gasteiger partial charge in [-0.3, -0.25) is 0 Å². The highest BCUT2D eigenvalue weighted by Crippen LogP contribution is 2.68. The summed E-state index contributed by atoms with van der Waals surface area (Å²) in [6.07, 6.45) is 13.5. The summed E-state index contributed by atoms with van der Waals surface area (Å²) < 4.78 is 0. The summed E-state index contributed by atoms with van der Waals surface area (Å²) in [4.78, 5) is 0. The molecule has 2 heteroatoms. The van der Waals surface area contributed by atoms with Crippen LogP contribution in [-0.4, -0.2) is 22.4 Å². The fourth-order valence-corrected chi connectivity index (χ4v) is 9.49. The van der Waals surface area contributed by atoms with Crippen molar-refractivity contribution in [2.75, 3.05) is 6.61 Å². The van der Waals surface area contributed by atoms with E-state index in [9.17, 15) is 10.2 Å². The van der Waals surface area contributed by atoms with Gasteiger partial charge < -0.3 is 10.2 Å². The first-order chi connectivity index (χ1) is 16.6. The second-order valence-electron chi connectivity index (χ2n) is 13.6. The monoisotopic (exact) mass is 476 g/mol. The van der Waals surface area contributed by atoms with E-state index in [1.165, 1.54) is 44.1 Å². The van der Waals surface area contributed by atoms with Gasteiger partial charge in [0.2, 0.25) is 0 Å². The van der Waals surface area contributed by atoms with E-state index in [1.54, 1.807) is 16.7 Å². The third-order valence-corrected chi connectivity index (χ3v) is 11.8. The fourth-order valence-electron chi connectivity index (χ4n) is 9.49. The van der Waals surface area contributed by atoms with Gasteiger partial charge in [-0.05, 0) is 115 Å². The minimum absolute atomic E-state index is 0.0758. The van der Waals surface area contributed by atoms with Gasteiger partial charge in [0.25, 0.3) is 0 Å². The number of hydrogen-bond acceptors (Lipinski definition) is 2. The van der Waals surface area contributed by atoms with E-state index < -0.39 is 5.60 Å². The fraction of sp³-hybridized carbons (Fsp3) is 0.697. The molecule has 1 aromatic rings. The molecule has 1 fully saturated rings. The molecule has 5 rings (SSSR count). The molecule has 4 aliphatic carbocycles.